The van der Waals surface area contributed by atoms with Crippen LogP contribution in [0.25, 0.3) is 10.2 Å². The number of rotatable bonds is 9. The highest BCUT2D eigenvalue weighted by Gasteiger charge is 2.34. The van der Waals surface area contributed by atoms with Gasteiger partial charge in [0.05, 0.1) is 22.4 Å². The zero-order chi connectivity index (χ0) is 29.9. The van der Waals surface area contributed by atoms with Crippen LogP contribution in [0, 0.1) is 6.92 Å². The Bertz CT molecular complexity index is 1720. The molecule has 6 rings (SSSR count). The van der Waals surface area contributed by atoms with E-state index in [0.717, 1.165) is 54.0 Å². The van der Waals surface area contributed by atoms with E-state index in [0.29, 0.717) is 33.4 Å². The van der Waals surface area contributed by atoms with Crippen molar-refractivity contribution in [1.29, 1.82) is 0 Å². The molecule has 2 aliphatic heterocycles. The highest BCUT2D eigenvalue weighted by molar-refractivity contribution is 7.21. The van der Waals surface area contributed by atoms with Crippen molar-refractivity contribution in [1.82, 2.24) is 20.5 Å². The number of piperidine rings is 1. The van der Waals surface area contributed by atoms with Crippen LogP contribution in [0.1, 0.15) is 28.1 Å². The number of hydrogen-bond donors (Lipinski definition) is 3. The number of thiophene rings is 1. The number of ether oxygens (including phenoxy) is 1. The minimum absolute atomic E-state index is 0.0319. The van der Waals surface area contributed by atoms with Gasteiger partial charge in [0, 0.05) is 37.6 Å². The maximum Gasteiger partial charge on any atom is 0.331 e. The first-order valence-corrected chi connectivity index (χ1v) is 15.2. The number of para-hydroxylation sites is 1. The Morgan fingerprint density at radius 2 is 2.02 bits per heavy atom. The van der Waals surface area contributed by atoms with Gasteiger partial charge in [0.1, 0.15) is 21.2 Å². The molecular weight excluding hydrogens is 560 g/mol. The van der Waals surface area contributed by atoms with Gasteiger partial charge in [-0.05, 0) is 74.9 Å². The molecule has 2 aliphatic rings. The molecule has 2 aromatic heterocycles. The zero-order valence-corrected chi connectivity index (χ0v) is 25.0. The number of nitrogens with one attached hydrogen (secondary N) is 3. The summed E-state index contributed by atoms with van der Waals surface area (Å²) in [5.41, 5.74) is 3.72. The molecule has 0 unspecified atom stereocenters. The van der Waals surface area contributed by atoms with Crippen LogP contribution in [0.3, 0.4) is 0 Å². The molecule has 0 saturated carbocycles. The molecule has 0 spiro atoms. The van der Waals surface area contributed by atoms with Crippen LogP contribution in [0.15, 0.2) is 85.2 Å². The second-order valence-corrected chi connectivity index (χ2v) is 11.7. The van der Waals surface area contributed by atoms with E-state index in [-0.39, 0.29) is 18.0 Å². The molecule has 220 valence electrons. The van der Waals surface area contributed by atoms with Crippen LogP contribution in [0.5, 0.6) is 11.5 Å². The topological polar surface area (TPSA) is 98.8 Å². The smallest absolute Gasteiger partial charge is 0.331 e. The molecular formula is C33H34N6O3S. The van der Waals surface area contributed by atoms with Gasteiger partial charge < -0.3 is 25.6 Å². The van der Waals surface area contributed by atoms with E-state index in [9.17, 15) is 9.59 Å². The van der Waals surface area contributed by atoms with E-state index in [2.05, 4.69) is 32.4 Å². The summed E-state index contributed by atoms with van der Waals surface area (Å²) in [6.07, 6.45) is 7.56. The number of carbonyl (C=O) groups excluding carboxylic acids is 2. The summed E-state index contributed by atoms with van der Waals surface area (Å²) >= 11 is 1.29. The van der Waals surface area contributed by atoms with Crippen LogP contribution >= 0.6 is 11.3 Å². The van der Waals surface area contributed by atoms with Crippen molar-refractivity contribution < 1.29 is 14.3 Å². The van der Waals surface area contributed by atoms with Gasteiger partial charge in [-0.25, -0.2) is 9.78 Å². The number of benzene rings is 2. The quantitative estimate of drug-likeness (QED) is 0.190. The molecule has 1 fully saturated rings. The summed E-state index contributed by atoms with van der Waals surface area (Å²) in [7, 11) is 1.90. The number of aryl methyl sites for hydroxylation is 1. The van der Waals surface area contributed by atoms with Crippen LogP contribution in [-0.4, -0.2) is 54.5 Å². The summed E-state index contributed by atoms with van der Waals surface area (Å²) < 4.78 is 5.99. The van der Waals surface area contributed by atoms with Gasteiger partial charge in [0.15, 0.2) is 0 Å². The van der Waals surface area contributed by atoms with E-state index in [4.69, 9.17) is 4.74 Å². The second kappa shape index (κ2) is 12.3. The lowest BCUT2D eigenvalue weighted by Gasteiger charge is -2.35. The number of amides is 3. The van der Waals surface area contributed by atoms with Crippen molar-refractivity contribution >= 4 is 50.6 Å². The number of anilines is 3. The Morgan fingerprint density at radius 3 is 2.81 bits per heavy atom. The van der Waals surface area contributed by atoms with Gasteiger partial charge in [-0.2, -0.15) is 0 Å². The summed E-state index contributed by atoms with van der Waals surface area (Å²) in [4.78, 5) is 36.8. The number of likely N-dealkylation sites (N-methyl/N-ethyl adjacent to an activating group) is 1. The van der Waals surface area contributed by atoms with Gasteiger partial charge in [-0.3, -0.25) is 9.69 Å². The molecule has 2 aromatic carbocycles. The Hall–Kier alpha value is -4.67. The predicted octanol–water partition coefficient (Wildman–Crippen LogP) is 6.56. The third-order valence-electron chi connectivity index (χ3n) is 7.64. The third-order valence-corrected chi connectivity index (χ3v) is 8.73. The lowest BCUT2D eigenvalue weighted by Crippen LogP contribution is -2.47. The molecule has 1 atom stereocenters. The largest absolute Gasteiger partial charge is 0.457 e. The molecule has 0 bridgehead atoms. The first-order valence-electron chi connectivity index (χ1n) is 14.3. The van der Waals surface area contributed by atoms with Gasteiger partial charge in [-0.15, -0.1) is 11.3 Å². The molecule has 3 N–H and O–H groups in total. The van der Waals surface area contributed by atoms with Crippen LogP contribution in [0.2, 0.25) is 0 Å². The second-order valence-electron chi connectivity index (χ2n) is 10.7. The molecule has 4 aromatic rings. The molecule has 0 aliphatic carbocycles. The maximum absolute atomic E-state index is 13.6. The number of hydrogen-bond acceptors (Lipinski definition) is 7. The Labute approximate surface area is 254 Å². The van der Waals surface area contributed by atoms with Crippen molar-refractivity contribution in [2.75, 3.05) is 36.9 Å². The van der Waals surface area contributed by atoms with Gasteiger partial charge in [-0.1, -0.05) is 30.9 Å². The Morgan fingerprint density at radius 1 is 1.19 bits per heavy atom. The number of pyridine rings is 1. The monoisotopic (exact) mass is 594 g/mol. The number of nitrogens with zero attached hydrogens (tertiary/aromatic N) is 3. The van der Waals surface area contributed by atoms with Gasteiger partial charge >= 0.3 is 6.03 Å². The molecule has 3 amide bonds. The minimum Gasteiger partial charge on any atom is -0.457 e. The molecule has 1 saturated heterocycles. The first kappa shape index (κ1) is 28.4. The van der Waals surface area contributed by atoms with Crippen molar-refractivity contribution in [3.8, 4) is 11.5 Å². The van der Waals surface area contributed by atoms with Crippen molar-refractivity contribution in [2.45, 2.75) is 25.8 Å². The average Bonchev–Trinajstić information content (AvgIpc) is 3.38. The Kier molecular flexibility index (Phi) is 8.13. The van der Waals surface area contributed by atoms with Crippen molar-refractivity contribution in [2.24, 2.45) is 0 Å². The van der Waals surface area contributed by atoms with Crippen LogP contribution in [0.4, 0.5) is 21.9 Å². The number of aromatic nitrogens is 1. The van der Waals surface area contributed by atoms with E-state index < -0.39 is 0 Å². The molecule has 0 radical (unpaired) electrons. The van der Waals surface area contributed by atoms with Gasteiger partial charge in [0.2, 0.25) is 0 Å². The lowest BCUT2D eigenvalue weighted by molar-refractivity contribution is 0.0920. The normalized spacial score (nSPS) is 16.4. The summed E-state index contributed by atoms with van der Waals surface area (Å²) in [6, 6.07) is 16.7. The fraction of sp³-hybridized carbons (Fsp3) is 0.242. The number of allylic oxidation sites excluding steroid dienone is 1. The minimum atomic E-state index is -0.333. The number of carbonyl (C=O) groups is 2. The average molecular weight is 595 g/mol. The number of likely N-dealkylation sites (tertiary alicyclic amines) is 1. The fourth-order valence-corrected chi connectivity index (χ4v) is 6.60. The fourth-order valence-electron chi connectivity index (χ4n) is 5.58. The standard InChI is InChI=1S/C33H34N6O3S/c1-21-19-25(42-24-11-5-4-6-12-24)13-14-26(21)39-27-15-17-35-32-28(27)29(37-33(39)41)30(43-32)31(40)36-23-10-8-18-38(20-23)22(2)9-7-16-34-3/h4-7,9,11-15,17,19,23,34H,2,8,10,16,18,20H2,1,3H3,(H,36,40)(H,37,41)/b9-7+/t23-/m1/s1. The Balaban J connectivity index is 1.24. The lowest BCUT2D eigenvalue weighted by atomic mass is 10.0. The maximum atomic E-state index is 13.6. The number of urea groups is 1. The first-order chi connectivity index (χ1) is 20.9. The van der Waals surface area contributed by atoms with Crippen molar-refractivity contribution in [3.63, 3.8) is 0 Å². The van der Waals surface area contributed by atoms with Gasteiger partial charge in [0.25, 0.3) is 5.91 Å². The molecule has 43 heavy (non-hydrogen) atoms. The van der Waals surface area contributed by atoms with Crippen LogP contribution < -0.4 is 25.6 Å². The van der Waals surface area contributed by atoms with E-state index in [1.165, 1.54) is 11.3 Å². The third kappa shape index (κ3) is 5.84. The highest BCUT2D eigenvalue weighted by Crippen LogP contribution is 2.46. The van der Waals surface area contributed by atoms with Crippen molar-refractivity contribution in [3.05, 3.63) is 95.7 Å². The molecule has 9 nitrogen and oxygen atoms in total. The summed E-state index contributed by atoms with van der Waals surface area (Å²) in [6.45, 7) is 8.50. The SMILES string of the molecule is C=C(/C=C/CNC)N1CCC[C@@H](NC(=O)c2sc3nccc4c3c2NC(=O)N4c2ccc(Oc3ccccc3)cc2C)C1. The molecule has 10 heteroatoms. The zero-order valence-electron chi connectivity index (χ0n) is 24.2. The van der Waals surface area contributed by atoms with Crippen LogP contribution in [-0.2, 0) is 0 Å². The predicted molar refractivity (Wildman–Crippen MR) is 173 cm³/mol. The van der Waals surface area contributed by atoms with E-state index in [1.807, 2.05) is 80.7 Å². The summed E-state index contributed by atoms with van der Waals surface area (Å²) in [5, 5.41) is 10.1. The highest BCUT2D eigenvalue weighted by atomic mass is 32.1. The van der Waals surface area contributed by atoms with E-state index >= 15 is 0 Å². The molecule has 4 heterocycles. The summed E-state index contributed by atoms with van der Waals surface area (Å²) in [5.74, 6) is 1.21. The van der Waals surface area contributed by atoms with E-state index in [1.54, 1.807) is 11.1 Å².